The van der Waals surface area contributed by atoms with Gasteiger partial charge in [-0.25, -0.2) is 13.2 Å². The predicted molar refractivity (Wildman–Crippen MR) is 51.5 cm³/mol. The van der Waals surface area contributed by atoms with E-state index in [-0.39, 0.29) is 12.0 Å². The molecule has 86 valence electrons. The van der Waals surface area contributed by atoms with Crippen LogP contribution < -0.4 is 0 Å². The highest BCUT2D eigenvalue weighted by atomic mass is 19.2. The number of carbonyl (C=O) groups is 1. The maximum atomic E-state index is 12.9. The van der Waals surface area contributed by atoms with Crippen molar-refractivity contribution < 1.29 is 23.1 Å². The number of carboxylic acid groups (broad SMARTS) is 1. The van der Waals surface area contributed by atoms with Gasteiger partial charge in [-0.05, 0) is 24.1 Å². The fraction of sp³-hybridized carbons (Fsp3) is 0.182. The molecule has 1 aromatic rings. The van der Waals surface area contributed by atoms with Gasteiger partial charge in [0.15, 0.2) is 17.5 Å². The first-order chi connectivity index (χ1) is 7.47. The zero-order valence-electron chi connectivity index (χ0n) is 8.21. The second kappa shape index (κ2) is 4.83. The summed E-state index contributed by atoms with van der Waals surface area (Å²) in [5.74, 6) is -6.77. The second-order valence-corrected chi connectivity index (χ2v) is 3.21. The molecule has 0 amide bonds. The standard InChI is InChI=1S/C11H9F3O2/c1-2-3-7(11(15)16)6-4-8(12)10(14)9(13)5-6/h2,4-5,7H,1,3H2,(H,15,16). The fourth-order valence-electron chi connectivity index (χ4n) is 1.32. The highest BCUT2D eigenvalue weighted by molar-refractivity contribution is 5.76. The third-order valence-corrected chi connectivity index (χ3v) is 2.11. The third kappa shape index (κ3) is 2.42. The maximum Gasteiger partial charge on any atom is 0.311 e. The molecule has 1 N–H and O–H groups in total. The van der Waals surface area contributed by atoms with E-state index >= 15 is 0 Å². The van der Waals surface area contributed by atoms with E-state index in [1.165, 1.54) is 6.08 Å². The molecular weight excluding hydrogens is 221 g/mol. The summed E-state index contributed by atoms with van der Waals surface area (Å²) < 4.78 is 38.4. The van der Waals surface area contributed by atoms with E-state index in [0.717, 1.165) is 0 Å². The largest absolute Gasteiger partial charge is 0.481 e. The predicted octanol–water partition coefficient (Wildman–Crippen LogP) is 2.85. The minimum absolute atomic E-state index is 0.0137. The molecule has 0 aliphatic carbocycles. The summed E-state index contributed by atoms with van der Waals surface area (Å²) in [4.78, 5) is 10.8. The van der Waals surface area contributed by atoms with E-state index in [4.69, 9.17) is 5.11 Å². The van der Waals surface area contributed by atoms with E-state index < -0.39 is 29.3 Å². The minimum Gasteiger partial charge on any atom is -0.481 e. The first-order valence-electron chi connectivity index (χ1n) is 4.45. The number of halogens is 3. The van der Waals surface area contributed by atoms with Crippen molar-refractivity contribution in [1.29, 1.82) is 0 Å². The van der Waals surface area contributed by atoms with Gasteiger partial charge in [0.2, 0.25) is 0 Å². The van der Waals surface area contributed by atoms with Crippen molar-refractivity contribution in [3.8, 4) is 0 Å². The Labute approximate surface area is 90.0 Å². The van der Waals surface area contributed by atoms with Crippen molar-refractivity contribution >= 4 is 5.97 Å². The van der Waals surface area contributed by atoms with Crippen LogP contribution in [0.15, 0.2) is 24.8 Å². The van der Waals surface area contributed by atoms with Crippen molar-refractivity contribution in [1.82, 2.24) is 0 Å². The summed E-state index contributed by atoms with van der Waals surface area (Å²) in [6.45, 7) is 3.35. The lowest BCUT2D eigenvalue weighted by atomic mass is 9.95. The lowest BCUT2D eigenvalue weighted by Gasteiger charge is -2.10. The molecule has 5 heteroatoms. The van der Waals surface area contributed by atoms with Gasteiger partial charge in [0.25, 0.3) is 0 Å². The Bertz CT molecular complexity index is 406. The van der Waals surface area contributed by atoms with Crippen LogP contribution in [-0.4, -0.2) is 11.1 Å². The Kier molecular flexibility index (Phi) is 3.71. The lowest BCUT2D eigenvalue weighted by molar-refractivity contribution is -0.138. The molecule has 16 heavy (non-hydrogen) atoms. The molecule has 0 bridgehead atoms. The third-order valence-electron chi connectivity index (χ3n) is 2.11. The number of benzene rings is 1. The normalized spacial score (nSPS) is 12.2. The van der Waals surface area contributed by atoms with E-state index in [9.17, 15) is 18.0 Å². The van der Waals surface area contributed by atoms with Crippen molar-refractivity contribution in [3.05, 3.63) is 47.8 Å². The van der Waals surface area contributed by atoms with Crippen molar-refractivity contribution in [2.24, 2.45) is 0 Å². The summed E-state index contributed by atoms with van der Waals surface area (Å²) in [5, 5.41) is 8.82. The van der Waals surface area contributed by atoms with E-state index in [1.54, 1.807) is 0 Å². The number of carboxylic acids is 1. The minimum atomic E-state index is -1.61. The Hall–Kier alpha value is -1.78. The molecule has 1 unspecified atom stereocenters. The molecule has 0 heterocycles. The van der Waals surface area contributed by atoms with Gasteiger partial charge in [0, 0.05) is 0 Å². The van der Waals surface area contributed by atoms with Crippen LogP contribution in [0.3, 0.4) is 0 Å². The molecule has 1 rings (SSSR count). The number of hydrogen-bond donors (Lipinski definition) is 1. The SMILES string of the molecule is C=CCC(C(=O)O)c1cc(F)c(F)c(F)c1. The molecule has 0 aliphatic heterocycles. The first kappa shape index (κ1) is 12.3. The number of aliphatic carboxylic acids is 1. The average molecular weight is 230 g/mol. The van der Waals surface area contributed by atoms with Gasteiger partial charge in [-0.2, -0.15) is 0 Å². The summed E-state index contributed by atoms with van der Waals surface area (Å²) in [7, 11) is 0. The van der Waals surface area contributed by atoms with Crippen molar-refractivity contribution in [2.75, 3.05) is 0 Å². The van der Waals surface area contributed by atoms with Crippen molar-refractivity contribution in [2.45, 2.75) is 12.3 Å². The monoisotopic (exact) mass is 230 g/mol. The zero-order valence-corrected chi connectivity index (χ0v) is 8.21. The number of allylic oxidation sites excluding steroid dienone is 1. The Morgan fingerprint density at radius 1 is 1.38 bits per heavy atom. The molecule has 1 atom stereocenters. The molecule has 0 fully saturated rings. The van der Waals surface area contributed by atoms with E-state index in [0.29, 0.717) is 12.1 Å². The van der Waals surface area contributed by atoms with Gasteiger partial charge < -0.3 is 5.11 Å². The molecule has 1 aromatic carbocycles. The molecule has 0 aliphatic rings. The van der Waals surface area contributed by atoms with Crippen LogP contribution in [0, 0.1) is 17.5 Å². The Morgan fingerprint density at radius 2 is 1.88 bits per heavy atom. The first-order valence-corrected chi connectivity index (χ1v) is 4.45. The number of rotatable bonds is 4. The van der Waals surface area contributed by atoms with Crippen LogP contribution in [-0.2, 0) is 4.79 Å². The summed E-state index contributed by atoms with van der Waals surface area (Å²) in [6.07, 6.45) is 1.33. The smallest absolute Gasteiger partial charge is 0.311 e. The molecule has 0 aromatic heterocycles. The van der Waals surface area contributed by atoms with E-state index in [1.807, 2.05) is 0 Å². The topological polar surface area (TPSA) is 37.3 Å². The average Bonchev–Trinajstić information content (AvgIpc) is 2.21. The van der Waals surface area contributed by atoms with Gasteiger partial charge in [-0.3, -0.25) is 4.79 Å². The summed E-state index contributed by atoms with van der Waals surface area (Å²) in [5.41, 5.74) is -0.121. The van der Waals surface area contributed by atoms with Gasteiger partial charge in [-0.1, -0.05) is 6.08 Å². The van der Waals surface area contributed by atoms with Crippen LogP contribution in [0.5, 0.6) is 0 Å². The highest BCUT2D eigenvalue weighted by Crippen LogP contribution is 2.24. The van der Waals surface area contributed by atoms with Crippen LogP contribution in [0.4, 0.5) is 13.2 Å². The fourth-order valence-corrected chi connectivity index (χ4v) is 1.32. The number of hydrogen-bond acceptors (Lipinski definition) is 1. The maximum absolute atomic E-state index is 12.9. The summed E-state index contributed by atoms with van der Waals surface area (Å²) in [6, 6.07) is 1.36. The molecule has 0 saturated heterocycles. The molecule has 0 saturated carbocycles. The van der Waals surface area contributed by atoms with Crippen LogP contribution in [0.2, 0.25) is 0 Å². The van der Waals surface area contributed by atoms with E-state index in [2.05, 4.69) is 6.58 Å². The molecule has 0 radical (unpaired) electrons. The van der Waals surface area contributed by atoms with Gasteiger partial charge in [-0.15, -0.1) is 6.58 Å². The Morgan fingerprint density at radius 3 is 2.25 bits per heavy atom. The highest BCUT2D eigenvalue weighted by Gasteiger charge is 2.21. The Balaban J connectivity index is 3.20. The lowest BCUT2D eigenvalue weighted by Crippen LogP contribution is -2.12. The molecule has 2 nitrogen and oxygen atoms in total. The van der Waals surface area contributed by atoms with Crippen molar-refractivity contribution in [3.63, 3.8) is 0 Å². The quantitative estimate of drug-likeness (QED) is 0.637. The van der Waals surface area contributed by atoms with Gasteiger partial charge in [0.05, 0.1) is 5.92 Å². The molecule has 0 spiro atoms. The van der Waals surface area contributed by atoms with Crippen LogP contribution in [0.25, 0.3) is 0 Å². The summed E-state index contributed by atoms with van der Waals surface area (Å²) >= 11 is 0. The van der Waals surface area contributed by atoms with Gasteiger partial charge >= 0.3 is 5.97 Å². The molecular formula is C11H9F3O2. The van der Waals surface area contributed by atoms with Crippen LogP contribution in [0.1, 0.15) is 17.9 Å². The van der Waals surface area contributed by atoms with Gasteiger partial charge in [0.1, 0.15) is 0 Å². The van der Waals surface area contributed by atoms with Crippen LogP contribution >= 0.6 is 0 Å². The zero-order chi connectivity index (χ0) is 12.3. The second-order valence-electron chi connectivity index (χ2n) is 3.21.